The van der Waals surface area contributed by atoms with E-state index in [0.717, 1.165) is 29.7 Å². The fraction of sp³-hybridized carbons (Fsp3) is 0.438. The van der Waals surface area contributed by atoms with Crippen LogP contribution in [0.1, 0.15) is 31.4 Å². The molecule has 0 saturated heterocycles. The second kappa shape index (κ2) is 9.13. The molecule has 4 nitrogen and oxygen atoms in total. The molecule has 0 aromatic heterocycles. The molecular weight excluding hydrogens is 254 g/mol. The minimum absolute atomic E-state index is 0.0725. The van der Waals surface area contributed by atoms with Crippen LogP contribution in [-0.2, 0) is 16.0 Å². The van der Waals surface area contributed by atoms with E-state index >= 15 is 0 Å². The van der Waals surface area contributed by atoms with Crippen LogP contribution < -0.4 is 5.32 Å². The Bertz CT molecular complexity index is 500. The third kappa shape index (κ3) is 5.43. The molecule has 2 N–H and O–H groups in total. The van der Waals surface area contributed by atoms with E-state index in [1.807, 2.05) is 32.0 Å². The quantitative estimate of drug-likeness (QED) is 0.616. The monoisotopic (exact) mass is 275 g/mol. The number of nitrogens with one attached hydrogen (secondary N) is 1. The molecule has 0 unspecified atom stereocenters. The number of amides is 1. The van der Waals surface area contributed by atoms with E-state index in [1.165, 1.54) is 0 Å². The fourth-order valence-electron chi connectivity index (χ4n) is 1.72. The molecule has 0 bridgehead atoms. The highest BCUT2D eigenvalue weighted by Crippen LogP contribution is 2.18. The van der Waals surface area contributed by atoms with Crippen molar-refractivity contribution in [3.63, 3.8) is 0 Å². The minimum atomic E-state index is -0.158. The summed E-state index contributed by atoms with van der Waals surface area (Å²) in [6.07, 6.45) is 1.69. The highest BCUT2D eigenvalue weighted by atomic mass is 16.5. The van der Waals surface area contributed by atoms with E-state index < -0.39 is 0 Å². The molecule has 1 aromatic rings. The fourth-order valence-corrected chi connectivity index (χ4v) is 1.72. The van der Waals surface area contributed by atoms with Crippen LogP contribution in [-0.4, -0.2) is 30.8 Å². The largest absolute Gasteiger partial charge is 0.384 e. The number of carbonyl (C=O) groups excluding carboxylic acids is 1. The van der Waals surface area contributed by atoms with Crippen molar-refractivity contribution in [1.29, 1.82) is 0 Å². The lowest BCUT2D eigenvalue weighted by Gasteiger charge is -2.10. The SMILES string of the molecule is CCCOCC(=O)Nc1ccc(C#CCO)cc1CC. The average Bonchev–Trinajstić information content (AvgIpc) is 2.46. The summed E-state index contributed by atoms with van der Waals surface area (Å²) >= 11 is 0. The van der Waals surface area contributed by atoms with E-state index in [4.69, 9.17) is 9.84 Å². The number of carbonyl (C=O) groups is 1. The van der Waals surface area contributed by atoms with Gasteiger partial charge in [-0.15, -0.1) is 0 Å². The molecule has 1 rings (SSSR count). The summed E-state index contributed by atoms with van der Waals surface area (Å²) in [5.41, 5.74) is 2.63. The Labute approximate surface area is 120 Å². The first-order valence-electron chi connectivity index (χ1n) is 6.81. The molecule has 1 amide bonds. The lowest BCUT2D eigenvalue weighted by atomic mass is 10.1. The Morgan fingerprint density at radius 1 is 1.40 bits per heavy atom. The topological polar surface area (TPSA) is 58.6 Å². The van der Waals surface area contributed by atoms with E-state index in [2.05, 4.69) is 17.2 Å². The van der Waals surface area contributed by atoms with E-state index in [-0.39, 0.29) is 19.1 Å². The van der Waals surface area contributed by atoms with Crippen molar-refractivity contribution < 1.29 is 14.6 Å². The smallest absolute Gasteiger partial charge is 0.250 e. The third-order valence-corrected chi connectivity index (χ3v) is 2.65. The highest BCUT2D eigenvalue weighted by molar-refractivity contribution is 5.92. The molecule has 0 heterocycles. The zero-order chi connectivity index (χ0) is 14.8. The van der Waals surface area contributed by atoms with Crippen molar-refractivity contribution in [2.75, 3.05) is 25.1 Å². The molecule has 0 atom stereocenters. The summed E-state index contributed by atoms with van der Waals surface area (Å²) in [7, 11) is 0. The number of ether oxygens (including phenoxy) is 1. The first-order valence-corrected chi connectivity index (χ1v) is 6.81. The van der Waals surface area contributed by atoms with Gasteiger partial charge in [0.2, 0.25) is 5.91 Å². The number of anilines is 1. The van der Waals surface area contributed by atoms with Crippen LogP contribution in [0.3, 0.4) is 0 Å². The van der Waals surface area contributed by atoms with E-state index in [9.17, 15) is 4.79 Å². The number of hydrogen-bond donors (Lipinski definition) is 2. The number of aliphatic hydroxyl groups is 1. The van der Waals surface area contributed by atoms with Crippen molar-refractivity contribution in [2.45, 2.75) is 26.7 Å². The summed E-state index contributed by atoms with van der Waals surface area (Å²) in [6, 6.07) is 5.58. The molecule has 0 spiro atoms. The molecule has 4 heteroatoms. The van der Waals surface area contributed by atoms with Crippen molar-refractivity contribution in [3.05, 3.63) is 29.3 Å². The molecule has 108 valence electrons. The second-order valence-corrected chi connectivity index (χ2v) is 4.29. The first-order chi connectivity index (χ1) is 9.71. The summed E-state index contributed by atoms with van der Waals surface area (Å²) in [5.74, 6) is 5.31. The maximum Gasteiger partial charge on any atom is 0.250 e. The van der Waals surface area contributed by atoms with Gasteiger partial charge in [0.25, 0.3) is 0 Å². The van der Waals surface area contributed by atoms with Crippen molar-refractivity contribution >= 4 is 11.6 Å². The van der Waals surface area contributed by atoms with Crippen LogP contribution in [0.2, 0.25) is 0 Å². The number of rotatable bonds is 6. The molecule has 0 aliphatic heterocycles. The Kier molecular flexibility index (Phi) is 7.41. The van der Waals surface area contributed by atoms with E-state index in [1.54, 1.807) is 0 Å². The summed E-state index contributed by atoms with van der Waals surface area (Å²) < 4.78 is 5.20. The zero-order valence-electron chi connectivity index (χ0n) is 12.0. The van der Waals surface area contributed by atoms with Gasteiger partial charge in [-0.3, -0.25) is 4.79 Å². The van der Waals surface area contributed by atoms with Gasteiger partial charge in [-0.2, -0.15) is 0 Å². The normalized spacial score (nSPS) is 9.75. The molecule has 0 radical (unpaired) electrons. The number of aliphatic hydroxyl groups excluding tert-OH is 1. The molecule has 0 aliphatic rings. The Balaban J connectivity index is 2.72. The van der Waals surface area contributed by atoms with Crippen LogP contribution in [0.4, 0.5) is 5.69 Å². The molecule has 0 aliphatic carbocycles. The van der Waals surface area contributed by atoms with Gasteiger partial charge in [0.1, 0.15) is 13.2 Å². The lowest BCUT2D eigenvalue weighted by molar-refractivity contribution is -0.120. The van der Waals surface area contributed by atoms with Gasteiger partial charge < -0.3 is 15.2 Å². The molecule has 0 fully saturated rings. The van der Waals surface area contributed by atoms with E-state index in [0.29, 0.717) is 6.61 Å². The Hall–Kier alpha value is -1.83. The predicted molar refractivity (Wildman–Crippen MR) is 79.5 cm³/mol. The Morgan fingerprint density at radius 2 is 2.20 bits per heavy atom. The summed E-state index contributed by atoms with van der Waals surface area (Å²) in [4.78, 5) is 11.7. The number of aryl methyl sites for hydroxylation is 1. The van der Waals surface area contributed by atoms with Gasteiger partial charge in [-0.05, 0) is 36.6 Å². The van der Waals surface area contributed by atoms with Gasteiger partial charge in [0, 0.05) is 17.9 Å². The minimum Gasteiger partial charge on any atom is -0.384 e. The maximum absolute atomic E-state index is 11.7. The van der Waals surface area contributed by atoms with Crippen molar-refractivity contribution in [1.82, 2.24) is 0 Å². The molecule has 0 saturated carbocycles. The molecule has 1 aromatic carbocycles. The Morgan fingerprint density at radius 3 is 2.85 bits per heavy atom. The van der Waals surface area contributed by atoms with Crippen LogP contribution in [0.5, 0.6) is 0 Å². The molecule has 20 heavy (non-hydrogen) atoms. The van der Waals surface area contributed by atoms with Crippen molar-refractivity contribution in [3.8, 4) is 11.8 Å². The van der Waals surface area contributed by atoms with Gasteiger partial charge in [-0.1, -0.05) is 25.7 Å². The number of hydrogen-bond acceptors (Lipinski definition) is 3. The van der Waals surface area contributed by atoms with Gasteiger partial charge in [0.05, 0.1) is 0 Å². The highest BCUT2D eigenvalue weighted by Gasteiger charge is 2.06. The number of benzene rings is 1. The summed E-state index contributed by atoms with van der Waals surface area (Å²) in [5, 5.41) is 11.5. The van der Waals surface area contributed by atoms with Crippen molar-refractivity contribution in [2.24, 2.45) is 0 Å². The standard InChI is InChI=1S/C16H21NO3/c1-3-10-20-12-16(19)17-15-8-7-13(6-5-9-18)11-14(15)4-2/h7-8,11,18H,3-4,9-10,12H2,1-2H3,(H,17,19). The lowest BCUT2D eigenvalue weighted by Crippen LogP contribution is -2.19. The van der Waals surface area contributed by atoms with Crippen LogP contribution in [0.15, 0.2) is 18.2 Å². The van der Waals surface area contributed by atoms with Gasteiger partial charge in [0.15, 0.2) is 0 Å². The van der Waals surface area contributed by atoms with Crippen LogP contribution >= 0.6 is 0 Å². The maximum atomic E-state index is 11.7. The predicted octanol–water partition coefficient (Wildman–Crippen LogP) is 1.96. The average molecular weight is 275 g/mol. The van der Waals surface area contributed by atoms with Gasteiger partial charge >= 0.3 is 0 Å². The zero-order valence-corrected chi connectivity index (χ0v) is 12.0. The molecular formula is C16H21NO3. The van der Waals surface area contributed by atoms with Crippen LogP contribution in [0.25, 0.3) is 0 Å². The van der Waals surface area contributed by atoms with Gasteiger partial charge in [-0.25, -0.2) is 0 Å². The first kappa shape index (κ1) is 16.2. The summed E-state index contributed by atoms with van der Waals surface area (Å²) in [6.45, 7) is 4.52. The van der Waals surface area contributed by atoms with Crippen LogP contribution in [0, 0.1) is 11.8 Å². The third-order valence-electron chi connectivity index (χ3n) is 2.65. The second-order valence-electron chi connectivity index (χ2n) is 4.29.